The standard InChI is InChI=1S/C19H13FN2O2S/c1-11-14(8-12-6-7-13(20)9-16(12)21-11)19(23)24-10-18-22-15-4-2-3-5-17(15)25-18/h2-9H,10H2,1H3. The second-order valence-electron chi connectivity index (χ2n) is 5.61. The number of fused-ring (bicyclic) bond motifs is 2. The van der Waals surface area contributed by atoms with E-state index in [0.717, 1.165) is 15.2 Å². The van der Waals surface area contributed by atoms with Gasteiger partial charge >= 0.3 is 5.97 Å². The van der Waals surface area contributed by atoms with E-state index in [1.807, 2.05) is 24.3 Å². The van der Waals surface area contributed by atoms with Crippen LogP contribution in [0.4, 0.5) is 4.39 Å². The number of pyridine rings is 1. The molecule has 0 spiro atoms. The molecule has 2 heterocycles. The van der Waals surface area contributed by atoms with Gasteiger partial charge < -0.3 is 4.74 Å². The Labute approximate surface area is 146 Å². The van der Waals surface area contributed by atoms with Gasteiger partial charge in [0.1, 0.15) is 17.4 Å². The van der Waals surface area contributed by atoms with Crippen molar-refractivity contribution < 1.29 is 13.9 Å². The maximum Gasteiger partial charge on any atom is 0.340 e. The van der Waals surface area contributed by atoms with Crippen molar-refractivity contribution in [2.75, 3.05) is 0 Å². The van der Waals surface area contributed by atoms with E-state index in [1.54, 1.807) is 19.1 Å². The second kappa shape index (κ2) is 6.22. The molecule has 0 atom stereocenters. The van der Waals surface area contributed by atoms with Crippen molar-refractivity contribution in [1.29, 1.82) is 0 Å². The van der Waals surface area contributed by atoms with Crippen LogP contribution in [0.1, 0.15) is 21.1 Å². The number of carbonyl (C=O) groups is 1. The molecule has 0 amide bonds. The van der Waals surface area contributed by atoms with Gasteiger partial charge in [0, 0.05) is 11.5 Å². The largest absolute Gasteiger partial charge is 0.455 e. The van der Waals surface area contributed by atoms with Crippen LogP contribution < -0.4 is 0 Å². The van der Waals surface area contributed by atoms with Crippen LogP contribution in [-0.2, 0) is 11.3 Å². The Kier molecular flexibility index (Phi) is 3.89. The predicted molar refractivity (Wildman–Crippen MR) is 95.2 cm³/mol. The fourth-order valence-electron chi connectivity index (χ4n) is 2.63. The third-order valence-electron chi connectivity index (χ3n) is 3.86. The van der Waals surface area contributed by atoms with Crippen LogP contribution in [0.5, 0.6) is 0 Å². The lowest BCUT2D eigenvalue weighted by Crippen LogP contribution is -2.08. The molecule has 0 bridgehead atoms. The van der Waals surface area contributed by atoms with Crippen LogP contribution in [0, 0.1) is 12.7 Å². The number of thiazole rings is 1. The Morgan fingerprint density at radius 2 is 1.96 bits per heavy atom. The number of benzene rings is 2. The SMILES string of the molecule is Cc1nc2cc(F)ccc2cc1C(=O)OCc1nc2ccccc2s1. The van der Waals surface area contributed by atoms with Crippen LogP contribution in [0.25, 0.3) is 21.1 Å². The summed E-state index contributed by atoms with van der Waals surface area (Å²) in [6, 6.07) is 13.7. The first-order valence-electron chi connectivity index (χ1n) is 7.68. The van der Waals surface area contributed by atoms with E-state index in [-0.39, 0.29) is 12.4 Å². The van der Waals surface area contributed by atoms with Crippen molar-refractivity contribution in [3.8, 4) is 0 Å². The van der Waals surface area contributed by atoms with Crippen LogP contribution in [-0.4, -0.2) is 15.9 Å². The zero-order valence-corrected chi connectivity index (χ0v) is 14.1. The molecule has 0 unspecified atom stereocenters. The number of para-hydroxylation sites is 1. The molecule has 0 aliphatic heterocycles. The molecule has 2 aromatic heterocycles. The van der Waals surface area contributed by atoms with Crippen molar-refractivity contribution in [1.82, 2.24) is 9.97 Å². The Hall–Kier alpha value is -2.86. The van der Waals surface area contributed by atoms with E-state index in [9.17, 15) is 9.18 Å². The zero-order chi connectivity index (χ0) is 17.4. The maximum absolute atomic E-state index is 13.3. The monoisotopic (exact) mass is 352 g/mol. The number of halogens is 1. The van der Waals surface area contributed by atoms with Crippen molar-refractivity contribution in [2.24, 2.45) is 0 Å². The quantitative estimate of drug-likeness (QED) is 0.504. The van der Waals surface area contributed by atoms with Crippen molar-refractivity contribution in [2.45, 2.75) is 13.5 Å². The number of hydrogen-bond donors (Lipinski definition) is 0. The van der Waals surface area contributed by atoms with Gasteiger partial charge in [0.15, 0.2) is 0 Å². The highest BCUT2D eigenvalue weighted by molar-refractivity contribution is 7.18. The third-order valence-corrected chi connectivity index (χ3v) is 4.86. The van der Waals surface area contributed by atoms with Crippen molar-refractivity contribution in [3.05, 3.63) is 70.6 Å². The number of aryl methyl sites for hydroxylation is 1. The molecule has 4 rings (SSSR count). The molecule has 4 nitrogen and oxygen atoms in total. The lowest BCUT2D eigenvalue weighted by molar-refractivity contribution is 0.0471. The van der Waals surface area contributed by atoms with Gasteiger partial charge in [-0.25, -0.2) is 14.2 Å². The van der Waals surface area contributed by atoms with Gasteiger partial charge in [-0.2, -0.15) is 0 Å². The molecular formula is C19H13FN2O2S. The lowest BCUT2D eigenvalue weighted by atomic mass is 10.1. The van der Waals surface area contributed by atoms with Crippen LogP contribution in [0.2, 0.25) is 0 Å². The summed E-state index contributed by atoms with van der Waals surface area (Å²) in [5.41, 5.74) is 2.29. The molecule has 0 aliphatic rings. The summed E-state index contributed by atoms with van der Waals surface area (Å²) in [5, 5.41) is 1.43. The summed E-state index contributed by atoms with van der Waals surface area (Å²) in [5.74, 6) is -0.818. The second-order valence-corrected chi connectivity index (χ2v) is 6.73. The molecule has 4 aromatic rings. The summed E-state index contributed by atoms with van der Waals surface area (Å²) < 4.78 is 19.7. The summed E-state index contributed by atoms with van der Waals surface area (Å²) >= 11 is 1.50. The summed E-state index contributed by atoms with van der Waals surface area (Å²) in [4.78, 5) is 21.1. The minimum atomic E-state index is -0.463. The zero-order valence-electron chi connectivity index (χ0n) is 13.3. The van der Waals surface area contributed by atoms with Gasteiger partial charge in [0.05, 0.1) is 27.0 Å². The molecule has 0 aliphatic carbocycles. The minimum absolute atomic E-state index is 0.110. The van der Waals surface area contributed by atoms with Gasteiger partial charge in [-0.3, -0.25) is 4.98 Å². The number of nitrogens with zero attached hydrogens (tertiary/aromatic N) is 2. The molecule has 0 N–H and O–H groups in total. The van der Waals surface area contributed by atoms with Crippen molar-refractivity contribution in [3.63, 3.8) is 0 Å². The Morgan fingerprint density at radius 1 is 1.12 bits per heavy atom. The summed E-state index contributed by atoms with van der Waals surface area (Å²) in [7, 11) is 0. The number of hydrogen-bond acceptors (Lipinski definition) is 5. The number of rotatable bonds is 3. The van der Waals surface area contributed by atoms with Crippen LogP contribution in [0.3, 0.4) is 0 Å². The van der Waals surface area contributed by atoms with E-state index < -0.39 is 5.97 Å². The predicted octanol–water partition coefficient (Wildman–Crippen LogP) is 4.65. The number of ether oxygens (including phenoxy) is 1. The Balaban J connectivity index is 1.57. The summed E-state index contributed by atoms with van der Waals surface area (Å²) in [6.45, 7) is 1.82. The van der Waals surface area contributed by atoms with Crippen molar-refractivity contribution >= 4 is 38.4 Å². The van der Waals surface area contributed by atoms with Gasteiger partial charge in [-0.1, -0.05) is 12.1 Å². The molecule has 6 heteroatoms. The molecule has 0 saturated carbocycles. The number of aromatic nitrogens is 2. The first-order valence-corrected chi connectivity index (χ1v) is 8.50. The highest BCUT2D eigenvalue weighted by Gasteiger charge is 2.15. The van der Waals surface area contributed by atoms with Gasteiger partial charge in [-0.15, -0.1) is 11.3 Å². The minimum Gasteiger partial charge on any atom is -0.455 e. The molecule has 124 valence electrons. The smallest absolute Gasteiger partial charge is 0.340 e. The highest BCUT2D eigenvalue weighted by Crippen LogP contribution is 2.23. The number of carbonyl (C=O) groups excluding carboxylic acids is 1. The maximum atomic E-state index is 13.3. The normalized spacial score (nSPS) is 11.1. The van der Waals surface area contributed by atoms with E-state index in [4.69, 9.17) is 4.74 Å². The fraction of sp³-hybridized carbons (Fsp3) is 0.105. The molecule has 0 saturated heterocycles. The molecule has 0 radical (unpaired) electrons. The molecule has 25 heavy (non-hydrogen) atoms. The van der Waals surface area contributed by atoms with E-state index in [2.05, 4.69) is 9.97 Å². The topological polar surface area (TPSA) is 52.1 Å². The molecule has 2 aromatic carbocycles. The molecular weight excluding hydrogens is 339 g/mol. The van der Waals surface area contributed by atoms with E-state index >= 15 is 0 Å². The lowest BCUT2D eigenvalue weighted by Gasteiger charge is -2.07. The molecule has 0 fully saturated rings. The Bertz CT molecular complexity index is 1070. The van der Waals surface area contributed by atoms with E-state index in [0.29, 0.717) is 22.2 Å². The number of esters is 1. The fourth-order valence-corrected chi connectivity index (χ4v) is 3.51. The van der Waals surface area contributed by atoms with Gasteiger partial charge in [-0.05, 0) is 37.3 Å². The highest BCUT2D eigenvalue weighted by atomic mass is 32.1. The average molecular weight is 352 g/mol. The van der Waals surface area contributed by atoms with Gasteiger partial charge in [0.25, 0.3) is 0 Å². The summed E-state index contributed by atoms with van der Waals surface area (Å²) in [6.07, 6.45) is 0. The van der Waals surface area contributed by atoms with E-state index in [1.165, 1.54) is 23.5 Å². The third kappa shape index (κ3) is 3.08. The van der Waals surface area contributed by atoms with Crippen LogP contribution >= 0.6 is 11.3 Å². The van der Waals surface area contributed by atoms with Crippen LogP contribution in [0.15, 0.2) is 48.5 Å². The first kappa shape index (κ1) is 15.7. The van der Waals surface area contributed by atoms with Gasteiger partial charge in [0.2, 0.25) is 0 Å². The first-order chi connectivity index (χ1) is 12.1. The Morgan fingerprint density at radius 3 is 2.80 bits per heavy atom. The average Bonchev–Trinajstić information content (AvgIpc) is 3.02.